The zero-order valence-corrected chi connectivity index (χ0v) is 9.78. The second-order valence-corrected chi connectivity index (χ2v) is 4.13. The van der Waals surface area contributed by atoms with Crippen molar-refractivity contribution in [3.05, 3.63) is 28.8 Å². The smallest absolute Gasteiger partial charge is 0.128 e. The number of anilines is 1. The topological polar surface area (TPSA) is 64.1 Å². The first-order valence-electron chi connectivity index (χ1n) is 4.78. The fraction of sp³-hybridized carbons (Fsp3) is 0.182. The van der Waals surface area contributed by atoms with Gasteiger partial charge in [0.1, 0.15) is 11.6 Å². The summed E-state index contributed by atoms with van der Waals surface area (Å²) in [5, 5.41) is 14.7. The molecule has 3 N–H and O–H groups in total. The van der Waals surface area contributed by atoms with Crippen LogP contribution in [-0.4, -0.2) is 14.9 Å². The number of nitrogens with zero attached hydrogens (tertiary/aromatic N) is 2. The maximum Gasteiger partial charge on any atom is 0.128 e. The average molecular weight is 238 g/mol. The van der Waals surface area contributed by atoms with Crippen LogP contribution < -0.4 is 5.73 Å². The number of phenols is 1. The Morgan fingerprint density at radius 1 is 1.38 bits per heavy atom. The summed E-state index contributed by atoms with van der Waals surface area (Å²) in [4.78, 5) is 0. The molecule has 2 aromatic rings. The number of halogens is 1. The quantitative estimate of drug-likeness (QED) is 0.800. The third kappa shape index (κ3) is 1.72. The lowest BCUT2D eigenvalue weighted by molar-refractivity contribution is 0.473. The first-order chi connectivity index (χ1) is 7.49. The van der Waals surface area contributed by atoms with Gasteiger partial charge in [-0.3, -0.25) is 4.68 Å². The molecule has 1 aromatic heterocycles. The number of benzene rings is 1. The zero-order valence-electron chi connectivity index (χ0n) is 9.03. The molecule has 0 fully saturated rings. The summed E-state index contributed by atoms with van der Waals surface area (Å²) < 4.78 is 1.55. The maximum atomic E-state index is 9.93. The first kappa shape index (κ1) is 10.8. The minimum absolute atomic E-state index is 0.183. The SMILES string of the molecule is Cc1cc(Cl)cc(-c2cc(N)n(C)n2)c1O. The van der Waals surface area contributed by atoms with Gasteiger partial charge in [-0.1, -0.05) is 11.6 Å². The van der Waals surface area contributed by atoms with Crippen molar-refractivity contribution in [1.82, 2.24) is 9.78 Å². The van der Waals surface area contributed by atoms with E-state index in [2.05, 4.69) is 5.10 Å². The largest absolute Gasteiger partial charge is 0.507 e. The summed E-state index contributed by atoms with van der Waals surface area (Å²) in [6.07, 6.45) is 0. The van der Waals surface area contributed by atoms with E-state index in [0.717, 1.165) is 0 Å². The van der Waals surface area contributed by atoms with Crippen LogP contribution in [0.2, 0.25) is 5.02 Å². The van der Waals surface area contributed by atoms with Crippen LogP contribution in [0.4, 0.5) is 5.82 Å². The second-order valence-electron chi connectivity index (χ2n) is 3.70. The Hall–Kier alpha value is -1.68. The predicted molar refractivity (Wildman–Crippen MR) is 64.5 cm³/mol. The number of hydrogen-bond acceptors (Lipinski definition) is 3. The van der Waals surface area contributed by atoms with Crippen LogP contribution in [-0.2, 0) is 7.05 Å². The number of hydrogen-bond donors (Lipinski definition) is 2. The van der Waals surface area contributed by atoms with Crippen LogP contribution in [0.1, 0.15) is 5.56 Å². The minimum atomic E-state index is 0.183. The molecule has 0 saturated heterocycles. The highest BCUT2D eigenvalue weighted by Crippen LogP contribution is 2.34. The number of nitrogens with two attached hydrogens (primary N) is 1. The number of rotatable bonds is 1. The molecule has 0 spiro atoms. The maximum absolute atomic E-state index is 9.93. The van der Waals surface area contributed by atoms with Crippen molar-refractivity contribution in [2.45, 2.75) is 6.92 Å². The van der Waals surface area contributed by atoms with Crippen molar-refractivity contribution in [3.63, 3.8) is 0 Å². The molecule has 16 heavy (non-hydrogen) atoms. The Morgan fingerprint density at radius 2 is 2.06 bits per heavy atom. The molecular formula is C11H12ClN3O. The molecule has 0 unspecified atom stereocenters. The monoisotopic (exact) mass is 237 g/mol. The third-order valence-corrected chi connectivity index (χ3v) is 2.68. The third-order valence-electron chi connectivity index (χ3n) is 2.46. The molecule has 0 aliphatic heterocycles. The number of aromatic hydroxyl groups is 1. The van der Waals surface area contributed by atoms with Crippen LogP contribution in [0.15, 0.2) is 18.2 Å². The van der Waals surface area contributed by atoms with E-state index in [-0.39, 0.29) is 5.75 Å². The van der Waals surface area contributed by atoms with Gasteiger partial charge in [-0.2, -0.15) is 5.10 Å². The van der Waals surface area contributed by atoms with E-state index in [1.165, 1.54) is 0 Å². The van der Waals surface area contributed by atoms with Gasteiger partial charge in [-0.25, -0.2) is 0 Å². The van der Waals surface area contributed by atoms with E-state index in [9.17, 15) is 5.11 Å². The van der Waals surface area contributed by atoms with Crippen molar-refractivity contribution >= 4 is 17.4 Å². The Balaban J connectivity index is 2.63. The number of aryl methyl sites for hydroxylation is 2. The van der Waals surface area contributed by atoms with Gasteiger partial charge >= 0.3 is 0 Å². The molecule has 0 aliphatic carbocycles. The Bertz CT molecular complexity index is 529. The highest BCUT2D eigenvalue weighted by molar-refractivity contribution is 6.31. The average Bonchev–Trinajstić information content (AvgIpc) is 2.53. The normalized spacial score (nSPS) is 10.7. The van der Waals surface area contributed by atoms with E-state index in [1.54, 1.807) is 36.9 Å². The van der Waals surface area contributed by atoms with Gasteiger partial charge in [-0.15, -0.1) is 0 Å². The van der Waals surface area contributed by atoms with Crippen molar-refractivity contribution in [2.24, 2.45) is 7.05 Å². The molecule has 5 heteroatoms. The van der Waals surface area contributed by atoms with Gasteiger partial charge < -0.3 is 10.8 Å². The summed E-state index contributed by atoms with van der Waals surface area (Å²) in [5.41, 5.74) is 7.61. The standard InChI is InChI=1S/C11H12ClN3O/c1-6-3-7(12)4-8(11(6)16)9-5-10(13)15(2)14-9/h3-5,16H,13H2,1-2H3. The van der Waals surface area contributed by atoms with Gasteiger partial charge in [0.15, 0.2) is 0 Å². The summed E-state index contributed by atoms with van der Waals surface area (Å²) >= 11 is 5.94. The lowest BCUT2D eigenvalue weighted by Gasteiger charge is -2.05. The molecule has 0 bridgehead atoms. The molecular weight excluding hydrogens is 226 g/mol. The van der Waals surface area contributed by atoms with E-state index in [1.807, 2.05) is 0 Å². The van der Waals surface area contributed by atoms with Crippen LogP contribution in [0.5, 0.6) is 5.75 Å². The number of nitrogen functional groups attached to an aromatic ring is 1. The Kier molecular flexibility index (Phi) is 2.52. The van der Waals surface area contributed by atoms with Gasteiger partial charge in [0.2, 0.25) is 0 Å². The Morgan fingerprint density at radius 3 is 2.62 bits per heavy atom. The summed E-state index contributed by atoms with van der Waals surface area (Å²) in [5.74, 6) is 0.717. The summed E-state index contributed by atoms with van der Waals surface area (Å²) in [6, 6.07) is 5.07. The van der Waals surface area contributed by atoms with Crippen LogP contribution in [0.25, 0.3) is 11.3 Å². The summed E-state index contributed by atoms with van der Waals surface area (Å²) in [7, 11) is 1.74. The molecule has 0 amide bonds. The van der Waals surface area contributed by atoms with Crippen molar-refractivity contribution in [2.75, 3.05) is 5.73 Å². The molecule has 0 radical (unpaired) electrons. The second kappa shape index (κ2) is 3.72. The fourth-order valence-electron chi connectivity index (χ4n) is 1.54. The van der Waals surface area contributed by atoms with Crippen LogP contribution in [0.3, 0.4) is 0 Å². The van der Waals surface area contributed by atoms with Gasteiger partial charge in [-0.05, 0) is 24.6 Å². The van der Waals surface area contributed by atoms with Crippen LogP contribution >= 0.6 is 11.6 Å². The first-order valence-corrected chi connectivity index (χ1v) is 5.16. The highest BCUT2D eigenvalue weighted by Gasteiger charge is 2.12. The van der Waals surface area contributed by atoms with Crippen molar-refractivity contribution < 1.29 is 5.11 Å². The molecule has 4 nitrogen and oxygen atoms in total. The molecule has 1 heterocycles. The Labute approximate surface area is 98.3 Å². The van der Waals surface area contributed by atoms with E-state index >= 15 is 0 Å². The van der Waals surface area contributed by atoms with Gasteiger partial charge in [0.25, 0.3) is 0 Å². The highest BCUT2D eigenvalue weighted by atomic mass is 35.5. The van der Waals surface area contributed by atoms with Crippen molar-refractivity contribution in [1.29, 1.82) is 0 Å². The van der Waals surface area contributed by atoms with Gasteiger partial charge in [0, 0.05) is 23.7 Å². The van der Waals surface area contributed by atoms with E-state index in [4.69, 9.17) is 17.3 Å². The summed E-state index contributed by atoms with van der Waals surface area (Å²) in [6.45, 7) is 1.79. The lowest BCUT2D eigenvalue weighted by atomic mass is 10.1. The molecule has 1 aromatic carbocycles. The predicted octanol–water partition coefficient (Wildman–Crippen LogP) is 2.34. The molecule has 0 aliphatic rings. The number of phenolic OH excluding ortho intramolecular Hbond substituents is 1. The molecule has 2 rings (SSSR count). The lowest BCUT2D eigenvalue weighted by Crippen LogP contribution is -1.96. The van der Waals surface area contributed by atoms with E-state index in [0.29, 0.717) is 27.7 Å². The van der Waals surface area contributed by atoms with E-state index < -0.39 is 0 Å². The van der Waals surface area contributed by atoms with Crippen molar-refractivity contribution in [3.8, 4) is 17.0 Å². The minimum Gasteiger partial charge on any atom is -0.507 e. The van der Waals surface area contributed by atoms with Crippen LogP contribution in [0, 0.1) is 6.92 Å². The fourth-order valence-corrected chi connectivity index (χ4v) is 1.82. The number of aromatic nitrogens is 2. The molecule has 0 atom stereocenters. The van der Waals surface area contributed by atoms with Gasteiger partial charge in [0.05, 0.1) is 5.69 Å². The molecule has 0 saturated carbocycles. The zero-order chi connectivity index (χ0) is 11.9. The molecule has 84 valence electrons.